The highest BCUT2D eigenvalue weighted by atomic mass is 16.4. The average molecular weight is 550 g/mol. The minimum absolute atomic E-state index is 0.119. The van der Waals surface area contributed by atoms with Crippen molar-refractivity contribution < 1.29 is 49.2 Å². The van der Waals surface area contributed by atoms with Crippen molar-refractivity contribution in [2.24, 2.45) is 5.73 Å². The molecule has 0 aliphatic heterocycles. The molecule has 1 aromatic carbocycles. The smallest absolute Gasteiger partial charge is 0.326 e. The molecule has 15 heteroatoms. The van der Waals surface area contributed by atoms with Crippen molar-refractivity contribution in [2.45, 2.75) is 62.9 Å². The topological polar surface area (TPSA) is 261 Å². The van der Waals surface area contributed by atoms with Gasteiger partial charge in [-0.1, -0.05) is 18.2 Å². The molecule has 0 spiro atoms. The van der Waals surface area contributed by atoms with Crippen molar-refractivity contribution in [3.05, 3.63) is 36.0 Å². The molecule has 5 unspecified atom stereocenters. The van der Waals surface area contributed by atoms with E-state index in [0.717, 1.165) is 10.9 Å². The summed E-state index contributed by atoms with van der Waals surface area (Å²) in [4.78, 5) is 75.3. The highest BCUT2D eigenvalue weighted by Crippen LogP contribution is 2.19. The normalized spacial score (nSPS) is 14.8. The second kappa shape index (κ2) is 13.9. The van der Waals surface area contributed by atoms with E-state index in [-0.39, 0.29) is 6.42 Å². The number of aromatic amines is 1. The lowest BCUT2D eigenvalue weighted by Gasteiger charge is -2.25. The molecule has 39 heavy (non-hydrogen) atoms. The Bertz CT molecular complexity index is 1230. The summed E-state index contributed by atoms with van der Waals surface area (Å²) >= 11 is 0. The summed E-state index contributed by atoms with van der Waals surface area (Å²) in [7, 11) is 0. The molecule has 0 saturated carbocycles. The van der Waals surface area contributed by atoms with Gasteiger partial charge >= 0.3 is 17.9 Å². The van der Waals surface area contributed by atoms with Gasteiger partial charge in [0.15, 0.2) is 0 Å². The first kappa shape index (κ1) is 30.7. The second-order valence-electron chi connectivity index (χ2n) is 8.88. The number of aliphatic hydroxyl groups excluding tert-OH is 1. The Morgan fingerprint density at radius 2 is 1.46 bits per heavy atom. The summed E-state index contributed by atoms with van der Waals surface area (Å²) in [5, 5.41) is 44.4. The standard InChI is InChI=1S/C24H31N5O10/c1-11(30)20(25)23(37)29-16(8-12-10-26-14-5-3-2-4-13(12)14)21(35)28-17(9-19(33)34)22(36)27-15(24(38)39)6-7-18(31)32/h2-5,10-11,15-17,20,26,30H,6-9,25H2,1H3,(H,27,36)(H,28,35)(H,29,37)(H,31,32)(H,33,34)(H,38,39). The fourth-order valence-electron chi connectivity index (χ4n) is 3.67. The molecule has 0 bridgehead atoms. The quantitative estimate of drug-likeness (QED) is 0.121. The Kier molecular flexibility index (Phi) is 10.9. The lowest BCUT2D eigenvalue weighted by molar-refractivity contribution is -0.144. The number of H-pyrrole nitrogens is 1. The number of nitrogens with one attached hydrogen (secondary N) is 4. The molecule has 2 aromatic rings. The number of carbonyl (C=O) groups is 6. The Labute approximate surface area is 221 Å². The number of carboxylic acids is 3. The van der Waals surface area contributed by atoms with Crippen LogP contribution in [0.3, 0.4) is 0 Å². The van der Waals surface area contributed by atoms with Crippen molar-refractivity contribution >= 4 is 46.5 Å². The molecule has 0 fully saturated rings. The Balaban J connectivity index is 2.30. The molecule has 1 heterocycles. The van der Waals surface area contributed by atoms with Gasteiger partial charge in [0, 0.05) is 29.9 Å². The number of amides is 3. The molecule has 15 nitrogen and oxygen atoms in total. The first-order valence-electron chi connectivity index (χ1n) is 11.9. The minimum atomic E-state index is -1.77. The molecule has 2 rings (SSSR count). The molecule has 0 radical (unpaired) electrons. The van der Waals surface area contributed by atoms with Gasteiger partial charge in [-0.05, 0) is 25.0 Å². The van der Waals surface area contributed by atoms with E-state index in [1.165, 1.54) is 6.92 Å². The van der Waals surface area contributed by atoms with E-state index < -0.39 is 85.2 Å². The van der Waals surface area contributed by atoms with Crippen LogP contribution >= 0.6 is 0 Å². The molecule has 0 aliphatic rings. The van der Waals surface area contributed by atoms with Crippen LogP contribution in [0.25, 0.3) is 10.9 Å². The van der Waals surface area contributed by atoms with Crippen molar-refractivity contribution in [1.82, 2.24) is 20.9 Å². The van der Waals surface area contributed by atoms with E-state index >= 15 is 0 Å². The number of carbonyl (C=O) groups excluding carboxylic acids is 3. The molecule has 3 amide bonds. The molecular formula is C24H31N5O10. The van der Waals surface area contributed by atoms with Crippen molar-refractivity contribution in [3.63, 3.8) is 0 Å². The molecule has 10 N–H and O–H groups in total. The number of rotatable bonds is 15. The van der Waals surface area contributed by atoms with E-state index in [2.05, 4.69) is 15.6 Å². The van der Waals surface area contributed by atoms with Crippen LogP contribution < -0.4 is 21.7 Å². The number of carboxylic acid groups (broad SMARTS) is 3. The number of aliphatic carboxylic acids is 3. The molecule has 0 saturated heterocycles. The number of para-hydroxylation sites is 1. The van der Waals surface area contributed by atoms with Gasteiger partial charge < -0.3 is 47.1 Å². The number of benzene rings is 1. The fraction of sp³-hybridized carbons (Fsp3) is 0.417. The number of hydrogen-bond acceptors (Lipinski definition) is 8. The van der Waals surface area contributed by atoms with Gasteiger partial charge in [-0.25, -0.2) is 4.79 Å². The maximum Gasteiger partial charge on any atom is 0.326 e. The van der Waals surface area contributed by atoms with Gasteiger partial charge in [0.05, 0.1) is 12.5 Å². The number of aliphatic hydroxyl groups is 1. The molecule has 1 aromatic heterocycles. The third-order valence-corrected chi connectivity index (χ3v) is 5.83. The Hall–Kier alpha value is -4.50. The predicted molar refractivity (Wildman–Crippen MR) is 134 cm³/mol. The lowest BCUT2D eigenvalue weighted by atomic mass is 10.0. The fourth-order valence-corrected chi connectivity index (χ4v) is 3.67. The molecule has 0 aliphatic carbocycles. The van der Waals surface area contributed by atoms with Gasteiger partial charge in [-0.3, -0.25) is 24.0 Å². The zero-order valence-corrected chi connectivity index (χ0v) is 20.9. The zero-order chi connectivity index (χ0) is 29.3. The molecular weight excluding hydrogens is 518 g/mol. The van der Waals surface area contributed by atoms with Crippen LogP contribution in [0.15, 0.2) is 30.5 Å². The van der Waals surface area contributed by atoms with Crippen LogP contribution in [0.2, 0.25) is 0 Å². The number of hydrogen-bond donors (Lipinski definition) is 9. The number of aromatic nitrogens is 1. The zero-order valence-electron chi connectivity index (χ0n) is 20.9. The number of nitrogens with two attached hydrogens (primary N) is 1. The van der Waals surface area contributed by atoms with Gasteiger partial charge in [-0.2, -0.15) is 0 Å². The maximum absolute atomic E-state index is 13.3. The highest BCUT2D eigenvalue weighted by molar-refractivity contribution is 5.96. The van der Waals surface area contributed by atoms with Crippen LogP contribution in [-0.2, 0) is 35.2 Å². The van der Waals surface area contributed by atoms with Crippen molar-refractivity contribution in [1.29, 1.82) is 0 Å². The second-order valence-corrected chi connectivity index (χ2v) is 8.88. The van der Waals surface area contributed by atoms with Gasteiger partial charge in [0.2, 0.25) is 17.7 Å². The van der Waals surface area contributed by atoms with E-state index in [4.69, 9.17) is 10.8 Å². The van der Waals surface area contributed by atoms with Gasteiger partial charge in [0.25, 0.3) is 0 Å². The van der Waals surface area contributed by atoms with Crippen LogP contribution in [0.1, 0.15) is 31.7 Å². The highest BCUT2D eigenvalue weighted by Gasteiger charge is 2.32. The maximum atomic E-state index is 13.3. The number of fused-ring (bicyclic) bond motifs is 1. The SMILES string of the molecule is CC(O)C(N)C(=O)NC(Cc1c[nH]c2ccccc12)C(=O)NC(CC(=O)O)C(=O)NC(CCC(=O)O)C(=O)O. The largest absolute Gasteiger partial charge is 0.481 e. The van der Waals surface area contributed by atoms with Crippen LogP contribution in [0, 0.1) is 0 Å². The van der Waals surface area contributed by atoms with Crippen molar-refractivity contribution in [2.75, 3.05) is 0 Å². The summed E-state index contributed by atoms with van der Waals surface area (Å²) in [6, 6.07) is 0.886. The van der Waals surface area contributed by atoms with E-state index in [9.17, 15) is 44.1 Å². The first-order chi connectivity index (χ1) is 18.3. The van der Waals surface area contributed by atoms with E-state index in [1.807, 2.05) is 5.32 Å². The van der Waals surface area contributed by atoms with Crippen LogP contribution in [0.5, 0.6) is 0 Å². The minimum Gasteiger partial charge on any atom is -0.481 e. The van der Waals surface area contributed by atoms with Crippen LogP contribution in [-0.4, -0.2) is 91.3 Å². The van der Waals surface area contributed by atoms with Crippen LogP contribution in [0.4, 0.5) is 0 Å². The third-order valence-electron chi connectivity index (χ3n) is 5.83. The molecule has 212 valence electrons. The van der Waals surface area contributed by atoms with E-state index in [0.29, 0.717) is 5.56 Å². The van der Waals surface area contributed by atoms with Crippen molar-refractivity contribution in [3.8, 4) is 0 Å². The Morgan fingerprint density at radius 1 is 0.872 bits per heavy atom. The monoisotopic (exact) mass is 549 g/mol. The van der Waals surface area contributed by atoms with Gasteiger partial charge in [-0.15, -0.1) is 0 Å². The average Bonchev–Trinajstić information content (AvgIpc) is 3.27. The summed E-state index contributed by atoms with van der Waals surface area (Å²) < 4.78 is 0. The van der Waals surface area contributed by atoms with E-state index in [1.54, 1.807) is 30.5 Å². The Morgan fingerprint density at radius 3 is 2.05 bits per heavy atom. The first-order valence-corrected chi connectivity index (χ1v) is 11.9. The lowest BCUT2D eigenvalue weighted by Crippen LogP contribution is -2.59. The third kappa shape index (κ3) is 9.08. The predicted octanol–water partition coefficient (Wildman–Crippen LogP) is -1.70. The molecule has 5 atom stereocenters. The summed E-state index contributed by atoms with van der Waals surface area (Å²) in [5.74, 6) is -7.41. The summed E-state index contributed by atoms with van der Waals surface area (Å²) in [6.45, 7) is 1.27. The van der Waals surface area contributed by atoms with Gasteiger partial charge in [0.1, 0.15) is 24.2 Å². The summed E-state index contributed by atoms with van der Waals surface area (Å²) in [6.07, 6.45) is -1.79. The summed E-state index contributed by atoms with van der Waals surface area (Å²) in [5.41, 5.74) is 7.01.